The van der Waals surface area contributed by atoms with Gasteiger partial charge in [-0.2, -0.15) is 0 Å². The highest BCUT2D eigenvalue weighted by Gasteiger charge is 2.24. The van der Waals surface area contributed by atoms with Crippen molar-refractivity contribution >= 4 is 0 Å². The molecule has 1 aliphatic carbocycles. The predicted octanol–water partition coefficient (Wildman–Crippen LogP) is 0.740. The molecule has 3 heteroatoms. The Kier molecular flexibility index (Phi) is 5.35. The largest absolute Gasteiger partial charge is 0.385 e. The smallest absolute Gasteiger partial charge is 0.0474 e. The fourth-order valence-electron chi connectivity index (χ4n) is 2.09. The van der Waals surface area contributed by atoms with Crippen LogP contribution < -0.4 is 11.1 Å². The molecule has 1 fully saturated rings. The maximum atomic E-state index is 5.69. The standard InChI is InChI=1S/C10H22N2O/c1-13-7-3-6-12-10-5-2-4-9(10)8-11/h9-10,12H,2-8,11H2,1H3. The summed E-state index contributed by atoms with van der Waals surface area (Å²) in [5.74, 6) is 0.711. The minimum atomic E-state index is 0.668. The number of nitrogens with one attached hydrogen (secondary N) is 1. The van der Waals surface area contributed by atoms with Crippen molar-refractivity contribution in [2.75, 3.05) is 26.8 Å². The topological polar surface area (TPSA) is 47.3 Å². The van der Waals surface area contributed by atoms with Gasteiger partial charge in [0.05, 0.1) is 0 Å². The van der Waals surface area contributed by atoms with Crippen LogP contribution in [-0.2, 0) is 4.74 Å². The van der Waals surface area contributed by atoms with Gasteiger partial charge >= 0.3 is 0 Å². The molecule has 0 aromatic carbocycles. The molecule has 0 bridgehead atoms. The zero-order valence-electron chi connectivity index (χ0n) is 8.59. The van der Waals surface area contributed by atoms with Crippen LogP contribution >= 0.6 is 0 Å². The summed E-state index contributed by atoms with van der Waals surface area (Å²) in [7, 11) is 1.75. The Bertz CT molecular complexity index is 130. The maximum Gasteiger partial charge on any atom is 0.0474 e. The molecule has 78 valence electrons. The molecule has 0 aliphatic heterocycles. The van der Waals surface area contributed by atoms with Gasteiger partial charge < -0.3 is 15.8 Å². The van der Waals surface area contributed by atoms with Crippen molar-refractivity contribution in [3.8, 4) is 0 Å². The first-order chi connectivity index (χ1) is 6.38. The molecule has 0 radical (unpaired) electrons. The summed E-state index contributed by atoms with van der Waals surface area (Å²) in [6.07, 6.45) is 5.04. The predicted molar refractivity (Wildman–Crippen MR) is 54.7 cm³/mol. The van der Waals surface area contributed by atoms with E-state index in [1.54, 1.807) is 7.11 Å². The first kappa shape index (κ1) is 11.0. The average molecular weight is 186 g/mol. The highest BCUT2D eigenvalue weighted by Crippen LogP contribution is 2.24. The molecule has 0 spiro atoms. The lowest BCUT2D eigenvalue weighted by Gasteiger charge is -2.19. The molecule has 2 atom stereocenters. The van der Waals surface area contributed by atoms with Gasteiger partial charge in [-0.3, -0.25) is 0 Å². The van der Waals surface area contributed by atoms with Gasteiger partial charge in [0.2, 0.25) is 0 Å². The minimum absolute atomic E-state index is 0.668. The Balaban J connectivity index is 2.06. The van der Waals surface area contributed by atoms with Crippen LogP contribution in [0, 0.1) is 5.92 Å². The Labute approximate surface area is 81.0 Å². The van der Waals surface area contributed by atoms with E-state index in [0.29, 0.717) is 12.0 Å². The highest BCUT2D eigenvalue weighted by atomic mass is 16.5. The molecule has 3 nitrogen and oxygen atoms in total. The molecular weight excluding hydrogens is 164 g/mol. The lowest BCUT2D eigenvalue weighted by atomic mass is 10.0. The van der Waals surface area contributed by atoms with Crippen LogP contribution in [-0.4, -0.2) is 32.8 Å². The number of rotatable bonds is 6. The molecule has 3 N–H and O–H groups in total. The zero-order valence-corrected chi connectivity index (χ0v) is 8.59. The first-order valence-electron chi connectivity index (χ1n) is 5.31. The van der Waals surface area contributed by atoms with Crippen LogP contribution in [0.4, 0.5) is 0 Å². The van der Waals surface area contributed by atoms with Crippen LogP contribution in [0.1, 0.15) is 25.7 Å². The highest BCUT2D eigenvalue weighted by molar-refractivity contribution is 4.83. The number of hydrogen-bond acceptors (Lipinski definition) is 3. The third kappa shape index (κ3) is 3.63. The lowest BCUT2D eigenvalue weighted by molar-refractivity contribution is 0.192. The van der Waals surface area contributed by atoms with E-state index in [9.17, 15) is 0 Å². The van der Waals surface area contributed by atoms with E-state index in [-0.39, 0.29) is 0 Å². The van der Waals surface area contributed by atoms with E-state index in [4.69, 9.17) is 10.5 Å². The summed E-state index contributed by atoms with van der Waals surface area (Å²) in [4.78, 5) is 0. The monoisotopic (exact) mass is 186 g/mol. The van der Waals surface area contributed by atoms with Gasteiger partial charge in [0.25, 0.3) is 0 Å². The summed E-state index contributed by atoms with van der Waals surface area (Å²) in [5, 5.41) is 3.56. The number of methoxy groups -OCH3 is 1. The quantitative estimate of drug-likeness (QED) is 0.601. The Hall–Kier alpha value is -0.120. The second-order valence-corrected chi connectivity index (χ2v) is 3.83. The average Bonchev–Trinajstić information content (AvgIpc) is 2.60. The lowest BCUT2D eigenvalue weighted by Crippen LogP contribution is -2.36. The first-order valence-corrected chi connectivity index (χ1v) is 5.31. The second-order valence-electron chi connectivity index (χ2n) is 3.83. The summed E-state index contributed by atoms with van der Waals surface area (Å²) in [6.45, 7) is 2.75. The molecule has 0 amide bonds. The molecule has 0 aromatic heterocycles. The molecule has 2 unspecified atom stereocenters. The summed E-state index contributed by atoms with van der Waals surface area (Å²) in [5.41, 5.74) is 5.69. The normalized spacial score (nSPS) is 28.2. The van der Waals surface area contributed by atoms with E-state index in [1.807, 2.05) is 0 Å². The van der Waals surface area contributed by atoms with Crippen molar-refractivity contribution in [3.05, 3.63) is 0 Å². The minimum Gasteiger partial charge on any atom is -0.385 e. The maximum absolute atomic E-state index is 5.69. The van der Waals surface area contributed by atoms with Gasteiger partial charge in [0.15, 0.2) is 0 Å². The van der Waals surface area contributed by atoms with E-state index < -0.39 is 0 Å². The van der Waals surface area contributed by atoms with Crippen LogP contribution in [0.25, 0.3) is 0 Å². The Morgan fingerprint density at radius 2 is 2.31 bits per heavy atom. The fraction of sp³-hybridized carbons (Fsp3) is 1.00. The summed E-state index contributed by atoms with van der Waals surface area (Å²) < 4.78 is 5.00. The van der Waals surface area contributed by atoms with Gasteiger partial charge in [-0.1, -0.05) is 6.42 Å². The van der Waals surface area contributed by atoms with Crippen LogP contribution in [0.2, 0.25) is 0 Å². The van der Waals surface area contributed by atoms with Crippen molar-refractivity contribution in [2.24, 2.45) is 11.7 Å². The van der Waals surface area contributed by atoms with Gasteiger partial charge in [0, 0.05) is 19.8 Å². The SMILES string of the molecule is COCCCNC1CCCC1CN. The zero-order chi connectivity index (χ0) is 9.52. The van der Waals surface area contributed by atoms with E-state index in [2.05, 4.69) is 5.32 Å². The number of nitrogens with two attached hydrogens (primary N) is 1. The van der Waals surface area contributed by atoms with Crippen LogP contribution in [0.15, 0.2) is 0 Å². The summed E-state index contributed by atoms with van der Waals surface area (Å²) in [6, 6.07) is 0.668. The van der Waals surface area contributed by atoms with Crippen molar-refractivity contribution in [3.63, 3.8) is 0 Å². The van der Waals surface area contributed by atoms with Crippen molar-refractivity contribution in [2.45, 2.75) is 31.7 Å². The molecule has 0 saturated heterocycles. The summed E-state index contributed by atoms with van der Waals surface area (Å²) >= 11 is 0. The van der Waals surface area contributed by atoms with Gasteiger partial charge in [-0.15, -0.1) is 0 Å². The molecular formula is C10H22N2O. The van der Waals surface area contributed by atoms with E-state index in [0.717, 1.165) is 26.1 Å². The van der Waals surface area contributed by atoms with Crippen molar-refractivity contribution in [1.82, 2.24) is 5.32 Å². The Morgan fingerprint density at radius 1 is 1.46 bits per heavy atom. The molecule has 1 aliphatic rings. The van der Waals surface area contributed by atoms with E-state index >= 15 is 0 Å². The molecule has 13 heavy (non-hydrogen) atoms. The molecule has 1 saturated carbocycles. The van der Waals surface area contributed by atoms with Gasteiger partial charge in [0.1, 0.15) is 0 Å². The third-order valence-corrected chi connectivity index (χ3v) is 2.89. The van der Waals surface area contributed by atoms with Crippen molar-refractivity contribution in [1.29, 1.82) is 0 Å². The van der Waals surface area contributed by atoms with Crippen LogP contribution in [0.5, 0.6) is 0 Å². The molecule has 0 heterocycles. The van der Waals surface area contributed by atoms with Crippen molar-refractivity contribution < 1.29 is 4.74 Å². The number of ether oxygens (including phenoxy) is 1. The number of hydrogen-bond donors (Lipinski definition) is 2. The third-order valence-electron chi connectivity index (χ3n) is 2.89. The van der Waals surface area contributed by atoms with Gasteiger partial charge in [-0.25, -0.2) is 0 Å². The Morgan fingerprint density at radius 3 is 3.00 bits per heavy atom. The molecule has 1 rings (SSSR count). The van der Waals surface area contributed by atoms with Crippen LogP contribution in [0.3, 0.4) is 0 Å². The van der Waals surface area contributed by atoms with Gasteiger partial charge in [-0.05, 0) is 38.3 Å². The molecule has 0 aromatic rings. The fourth-order valence-corrected chi connectivity index (χ4v) is 2.09. The van der Waals surface area contributed by atoms with E-state index in [1.165, 1.54) is 19.3 Å². The second kappa shape index (κ2) is 6.35.